The molecule has 1 aliphatic carbocycles. The van der Waals surface area contributed by atoms with Gasteiger partial charge in [0.15, 0.2) is 18.0 Å². The van der Waals surface area contributed by atoms with Crippen LogP contribution in [0.15, 0.2) is 97.2 Å². The van der Waals surface area contributed by atoms with Gasteiger partial charge in [0.1, 0.15) is 24.5 Å². The molecule has 3 amide bonds. The first-order valence-electron chi connectivity index (χ1n) is 28.5. The summed E-state index contributed by atoms with van der Waals surface area (Å²) in [4.78, 5) is 90.3. The van der Waals surface area contributed by atoms with Crippen LogP contribution in [0.1, 0.15) is 99.6 Å². The molecule has 84 heavy (non-hydrogen) atoms. The number of carbonyl (C=O) groups excluding carboxylic acids is 6. The lowest BCUT2D eigenvalue weighted by atomic mass is 9.98. The smallest absolute Gasteiger partial charge is 0.410 e. The Bertz CT molecular complexity index is 3320. The number of hydrogen-bond acceptors (Lipinski definition) is 18. The minimum Gasteiger partial charge on any atom is -0.459 e. The average molecular weight is 1150 g/mol. The molecule has 3 aliphatic rings. The fraction of sp³-hybridized carbons (Fsp3) is 0.419. The van der Waals surface area contributed by atoms with Crippen molar-refractivity contribution in [3.8, 4) is 16.9 Å². The maximum atomic E-state index is 13.7. The van der Waals surface area contributed by atoms with Gasteiger partial charge in [0.05, 0.1) is 17.3 Å². The van der Waals surface area contributed by atoms with E-state index < -0.39 is 66.7 Å². The largest absolute Gasteiger partial charge is 0.459 e. The molecule has 0 bridgehead atoms. The normalized spacial score (nSPS) is 18.5. The molecule has 2 saturated heterocycles. The molecule has 2 aromatic heterocycles. The van der Waals surface area contributed by atoms with Crippen LogP contribution >= 0.6 is 0 Å². The van der Waals surface area contributed by atoms with Crippen molar-refractivity contribution < 1.29 is 61.9 Å². The Balaban J connectivity index is 0.820. The summed E-state index contributed by atoms with van der Waals surface area (Å²) < 4.78 is 42.8. The molecule has 5 atom stereocenters. The summed E-state index contributed by atoms with van der Waals surface area (Å²) in [5.41, 5.74) is 16.1. The van der Waals surface area contributed by atoms with E-state index in [4.69, 9.17) is 38.9 Å². The van der Waals surface area contributed by atoms with Crippen LogP contribution in [0, 0.1) is 6.92 Å². The number of esters is 3. The predicted octanol–water partition coefficient (Wildman–Crippen LogP) is 8.21. The van der Waals surface area contributed by atoms with Gasteiger partial charge in [-0.25, -0.2) is 14.6 Å². The zero-order valence-corrected chi connectivity index (χ0v) is 48.2. The number of hydrogen-bond donors (Lipinski definition) is 4. The third kappa shape index (κ3) is 14.9. The highest BCUT2D eigenvalue weighted by molar-refractivity contribution is 5.93. The van der Waals surface area contributed by atoms with Crippen molar-refractivity contribution >= 4 is 64.5 Å². The monoisotopic (exact) mass is 1150 g/mol. The summed E-state index contributed by atoms with van der Waals surface area (Å²) in [5.74, 6) is -1.90. The molecule has 6 aromatic rings. The second-order valence-corrected chi connectivity index (χ2v) is 21.3. The molecule has 2 aliphatic heterocycles. The lowest BCUT2D eigenvalue weighted by Crippen LogP contribution is -2.62. The van der Waals surface area contributed by atoms with Crippen LogP contribution in [0.3, 0.4) is 0 Å². The van der Waals surface area contributed by atoms with Gasteiger partial charge in [-0.1, -0.05) is 92.6 Å². The van der Waals surface area contributed by atoms with Crippen molar-refractivity contribution in [3.63, 3.8) is 0 Å². The van der Waals surface area contributed by atoms with Crippen LogP contribution in [0.5, 0.6) is 5.75 Å². The number of nitrogens with zero attached hydrogens (tertiary/aromatic N) is 5. The first-order valence-corrected chi connectivity index (χ1v) is 28.5. The highest BCUT2D eigenvalue weighted by Crippen LogP contribution is 2.44. The van der Waals surface area contributed by atoms with Gasteiger partial charge in [-0.15, -0.1) is 0 Å². The van der Waals surface area contributed by atoms with Crippen LogP contribution < -0.4 is 26.4 Å². The van der Waals surface area contributed by atoms with E-state index in [9.17, 15) is 28.8 Å². The molecule has 22 heteroatoms. The first-order chi connectivity index (χ1) is 40.5. The molecule has 0 spiro atoms. The number of aryl methyl sites for hydroxylation is 1. The number of piperazine rings is 1. The number of benzene rings is 4. The van der Waals surface area contributed by atoms with E-state index in [1.54, 1.807) is 24.0 Å². The van der Waals surface area contributed by atoms with Crippen molar-refractivity contribution in [3.05, 3.63) is 131 Å². The Kier molecular flexibility index (Phi) is 19.6. The molecule has 9 rings (SSSR count). The topological polar surface area (TPSA) is 266 Å². The molecule has 2 fully saturated rings. The number of alkyl carbamates (subject to hydrolysis) is 1. The standard InChI is InChI=1S/C62H73N9O13/c1-7-8-13-24-64-58-54-50(67-60(63)68-58)23-26-71(54)34-44-20-18-42(31-37(44)2)33-69-27-29-70(30-28-69)62(77)79-35-43-19-21-52(84-59-57(83-41(6)74)56(82-40(5)73)55(38(3)80-59)81-39(4)72)51(32-43)66-53(75)22-25-65-61(76)78-36-49-47-16-11-9-14-45(47)46-15-10-12-17-48(46)49/h9-12,14-21,23,26,31-32,38,49,55-57,59H,7-8,13,22,24-25,27-30,33-36H2,1-6H3,(H,65,76)(H,66,75)(H3,63,64,67,68)/t38-,55-,56+,57-,59?/m0/s1. The van der Waals surface area contributed by atoms with E-state index in [2.05, 4.69) is 67.4 Å². The number of carbonyl (C=O) groups is 6. The van der Waals surface area contributed by atoms with Crippen molar-refractivity contribution in [1.82, 2.24) is 29.7 Å². The zero-order valence-electron chi connectivity index (χ0n) is 48.2. The fourth-order valence-corrected chi connectivity index (χ4v) is 11.0. The Morgan fingerprint density at radius 1 is 0.738 bits per heavy atom. The highest BCUT2D eigenvalue weighted by Gasteiger charge is 2.52. The van der Waals surface area contributed by atoms with Crippen LogP contribution in [0.4, 0.5) is 27.0 Å². The first kappa shape index (κ1) is 59.8. The van der Waals surface area contributed by atoms with Crippen molar-refractivity contribution in [1.29, 1.82) is 0 Å². The van der Waals surface area contributed by atoms with Crippen molar-refractivity contribution in [2.45, 2.75) is 124 Å². The van der Waals surface area contributed by atoms with Crippen molar-refractivity contribution in [2.24, 2.45) is 0 Å². The molecule has 0 radical (unpaired) electrons. The van der Waals surface area contributed by atoms with E-state index in [-0.39, 0.29) is 49.5 Å². The van der Waals surface area contributed by atoms with E-state index in [1.807, 2.05) is 60.8 Å². The third-order valence-electron chi connectivity index (χ3n) is 15.0. The highest BCUT2D eigenvalue weighted by atomic mass is 16.7. The van der Waals surface area contributed by atoms with Gasteiger partial charge in [-0.3, -0.25) is 24.1 Å². The third-order valence-corrected chi connectivity index (χ3v) is 15.0. The number of anilines is 3. The Morgan fingerprint density at radius 2 is 1.42 bits per heavy atom. The molecule has 4 aromatic carbocycles. The lowest BCUT2D eigenvalue weighted by molar-refractivity contribution is -0.280. The van der Waals surface area contributed by atoms with E-state index in [0.717, 1.165) is 89.9 Å². The summed E-state index contributed by atoms with van der Waals surface area (Å²) >= 11 is 0. The fourth-order valence-electron chi connectivity index (χ4n) is 11.0. The maximum absolute atomic E-state index is 13.7. The molecule has 4 heterocycles. The molecular weight excluding hydrogens is 1080 g/mol. The van der Waals surface area contributed by atoms with Crippen LogP contribution in [-0.2, 0) is 67.3 Å². The van der Waals surface area contributed by atoms with Gasteiger partial charge in [0.2, 0.25) is 24.2 Å². The second kappa shape index (κ2) is 27.5. The van der Waals surface area contributed by atoms with Crippen LogP contribution in [0.2, 0.25) is 0 Å². The van der Waals surface area contributed by atoms with E-state index in [0.29, 0.717) is 44.8 Å². The number of amides is 3. The summed E-state index contributed by atoms with van der Waals surface area (Å²) in [5, 5.41) is 8.96. The molecule has 0 saturated carbocycles. The number of ether oxygens (including phenoxy) is 7. The quantitative estimate of drug-likeness (QED) is 0.0283. The summed E-state index contributed by atoms with van der Waals surface area (Å²) in [7, 11) is 0. The summed E-state index contributed by atoms with van der Waals surface area (Å²) in [6.07, 6.45) is -2.47. The zero-order chi connectivity index (χ0) is 59.4. The number of nitrogens with two attached hydrogens (primary N) is 1. The number of fused-ring (bicyclic) bond motifs is 4. The van der Waals surface area contributed by atoms with Gasteiger partial charge < -0.3 is 64.3 Å². The van der Waals surface area contributed by atoms with Gasteiger partial charge in [0.25, 0.3) is 0 Å². The van der Waals surface area contributed by atoms with E-state index in [1.165, 1.54) is 18.6 Å². The van der Waals surface area contributed by atoms with Gasteiger partial charge in [-0.2, -0.15) is 4.98 Å². The molecule has 22 nitrogen and oxygen atoms in total. The number of unbranched alkanes of at least 4 members (excludes halogenated alkanes) is 2. The Morgan fingerprint density at radius 3 is 2.11 bits per heavy atom. The van der Waals surface area contributed by atoms with Gasteiger partial charge in [-0.05, 0) is 83.0 Å². The van der Waals surface area contributed by atoms with Crippen molar-refractivity contribution in [2.75, 3.05) is 62.2 Å². The van der Waals surface area contributed by atoms with Crippen LogP contribution in [0.25, 0.3) is 22.2 Å². The lowest BCUT2D eigenvalue weighted by Gasteiger charge is -2.43. The Hall–Kier alpha value is -8.76. The molecule has 1 unspecified atom stereocenters. The summed E-state index contributed by atoms with van der Waals surface area (Å²) in [6.45, 7) is 13.4. The number of aromatic nitrogens is 3. The Labute approximate surface area is 487 Å². The molecule has 5 N–H and O–H groups in total. The molecular formula is C62H73N9O13. The van der Waals surface area contributed by atoms with E-state index >= 15 is 0 Å². The molecule has 444 valence electrons. The number of nitrogens with one attached hydrogen (secondary N) is 3. The minimum absolute atomic E-state index is 0.0287. The minimum atomic E-state index is -1.46. The van der Waals surface area contributed by atoms with Gasteiger partial charge >= 0.3 is 30.1 Å². The van der Waals surface area contributed by atoms with Crippen LogP contribution in [-0.4, -0.2) is 137 Å². The SMILES string of the molecule is CCCCCNc1nc(N)nc2ccn(Cc3ccc(CN4CCN(C(=O)OCc5ccc(OC6O[C@@H](C)[C@H](OC(C)=O)[C@@H](OC(C)=O)[C@@H]6OC(C)=O)c(NC(=O)CCNC(=O)OCC6c7ccccc7-c7ccccc76)c5)CC4)cc3C)c12. The average Bonchev–Trinajstić information content (AvgIpc) is 3.18. The van der Waals surface area contributed by atoms with Gasteiger partial charge in [0, 0.05) is 91.7 Å². The number of rotatable bonds is 22. The predicted molar refractivity (Wildman–Crippen MR) is 312 cm³/mol. The maximum Gasteiger partial charge on any atom is 0.410 e. The summed E-state index contributed by atoms with van der Waals surface area (Å²) in [6, 6.07) is 29.1. The second-order valence-electron chi connectivity index (χ2n) is 21.3. The number of nitrogen functional groups attached to an aromatic ring is 1.